The second-order valence-corrected chi connectivity index (χ2v) is 3.46. The van der Waals surface area contributed by atoms with Gasteiger partial charge in [0.1, 0.15) is 6.61 Å². The lowest BCUT2D eigenvalue weighted by Gasteiger charge is -2.07. The molecular weight excluding hydrogens is 152 g/mol. The smallest absolute Gasteiger partial charge is 0.302 e. The fourth-order valence-corrected chi connectivity index (χ4v) is 0.769. The number of carbonyl (C=O) groups excluding carboxylic acids is 1. The van der Waals surface area contributed by atoms with Gasteiger partial charge in [-0.3, -0.25) is 4.79 Å². The van der Waals surface area contributed by atoms with Crippen molar-refractivity contribution in [1.82, 2.24) is 0 Å². The van der Waals surface area contributed by atoms with Gasteiger partial charge >= 0.3 is 5.97 Å². The molecule has 0 saturated carbocycles. The van der Waals surface area contributed by atoms with Crippen molar-refractivity contribution in [3.05, 3.63) is 12.2 Å². The average Bonchev–Trinajstić information content (AvgIpc) is 1.96. The van der Waals surface area contributed by atoms with Crippen molar-refractivity contribution in [2.75, 3.05) is 6.61 Å². The van der Waals surface area contributed by atoms with Gasteiger partial charge in [0.05, 0.1) is 0 Å². The first-order valence-electron chi connectivity index (χ1n) is 4.32. The van der Waals surface area contributed by atoms with Gasteiger partial charge < -0.3 is 4.74 Å². The molecule has 2 heteroatoms. The van der Waals surface area contributed by atoms with Crippen LogP contribution in [0.4, 0.5) is 0 Å². The van der Waals surface area contributed by atoms with Gasteiger partial charge in [-0.1, -0.05) is 20.4 Å². The minimum Gasteiger partial charge on any atom is -0.461 e. The van der Waals surface area contributed by atoms with E-state index in [-0.39, 0.29) is 5.97 Å². The van der Waals surface area contributed by atoms with Gasteiger partial charge in [0.25, 0.3) is 0 Å². The van der Waals surface area contributed by atoms with Crippen LogP contribution in [0.5, 0.6) is 0 Å². The first-order valence-corrected chi connectivity index (χ1v) is 4.32. The van der Waals surface area contributed by atoms with E-state index in [9.17, 15) is 4.79 Å². The van der Waals surface area contributed by atoms with Crippen LogP contribution < -0.4 is 0 Å². The Morgan fingerprint density at radius 2 is 2.08 bits per heavy atom. The van der Waals surface area contributed by atoms with E-state index in [4.69, 9.17) is 4.74 Å². The molecule has 0 aliphatic carbocycles. The molecule has 0 aliphatic rings. The van der Waals surface area contributed by atoms with Crippen molar-refractivity contribution in [2.45, 2.75) is 33.6 Å². The van der Waals surface area contributed by atoms with Crippen LogP contribution in [0.1, 0.15) is 33.6 Å². The predicted octanol–water partition coefficient (Wildman–Crippen LogP) is 2.54. The minimum atomic E-state index is -0.235. The highest BCUT2D eigenvalue weighted by molar-refractivity contribution is 5.66. The molecule has 12 heavy (non-hydrogen) atoms. The molecule has 0 heterocycles. The largest absolute Gasteiger partial charge is 0.461 e. The highest BCUT2D eigenvalue weighted by Gasteiger charge is 1.99. The molecule has 0 aromatic carbocycles. The van der Waals surface area contributed by atoms with Crippen LogP contribution in [0, 0.1) is 5.92 Å². The number of ether oxygens (including phenoxy) is 1. The number of hydrogen-bond donors (Lipinski definition) is 0. The molecular formula is C10H18O2. The lowest BCUT2D eigenvalue weighted by Crippen LogP contribution is -2.03. The van der Waals surface area contributed by atoms with Gasteiger partial charge in [0.2, 0.25) is 0 Å². The van der Waals surface area contributed by atoms with Crippen LogP contribution in [0.15, 0.2) is 12.2 Å². The maximum atomic E-state index is 10.4. The summed E-state index contributed by atoms with van der Waals surface area (Å²) in [4.78, 5) is 10.4. The van der Waals surface area contributed by atoms with Crippen molar-refractivity contribution >= 4 is 5.97 Å². The highest BCUT2D eigenvalue weighted by atomic mass is 16.5. The fraction of sp³-hybridized carbons (Fsp3) is 0.700. The van der Waals surface area contributed by atoms with Crippen molar-refractivity contribution < 1.29 is 9.53 Å². The van der Waals surface area contributed by atoms with Gasteiger partial charge in [0, 0.05) is 6.92 Å². The Morgan fingerprint density at radius 1 is 1.50 bits per heavy atom. The molecule has 0 amide bonds. The number of hydrogen-bond acceptors (Lipinski definition) is 2. The second-order valence-electron chi connectivity index (χ2n) is 3.46. The van der Waals surface area contributed by atoms with Crippen LogP contribution >= 0.6 is 0 Å². The van der Waals surface area contributed by atoms with Gasteiger partial charge in [-0.25, -0.2) is 0 Å². The molecule has 0 spiro atoms. The van der Waals surface area contributed by atoms with E-state index in [0.29, 0.717) is 12.5 Å². The van der Waals surface area contributed by atoms with Crippen LogP contribution in [0.25, 0.3) is 0 Å². The third kappa shape index (κ3) is 7.32. The zero-order valence-corrected chi connectivity index (χ0v) is 8.22. The Balaban J connectivity index is 3.40. The van der Waals surface area contributed by atoms with E-state index in [1.165, 1.54) is 6.92 Å². The van der Waals surface area contributed by atoms with Crippen molar-refractivity contribution in [3.63, 3.8) is 0 Å². The Bertz CT molecular complexity index is 159. The molecule has 70 valence electrons. The molecule has 0 bridgehead atoms. The van der Waals surface area contributed by atoms with Gasteiger partial charge in [-0.15, -0.1) is 0 Å². The standard InChI is InChI=1S/C10H18O2/c1-8(2)5-6-9(3)7-12-10(4)11/h8H,3,5-7H2,1-2,4H3. The fourth-order valence-electron chi connectivity index (χ4n) is 0.769. The van der Waals surface area contributed by atoms with Crippen molar-refractivity contribution in [2.24, 2.45) is 5.92 Å². The van der Waals surface area contributed by atoms with Crippen molar-refractivity contribution in [1.29, 1.82) is 0 Å². The average molecular weight is 170 g/mol. The topological polar surface area (TPSA) is 26.3 Å². The Hall–Kier alpha value is -0.790. The lowest BCUT2D eigenvalue weighted by molar-refractivity contribution is -0.140. The Morgan fingerprint density at radius 3 is 2.50 bits per heavy atom. The van der Waals surface area contributed by atoms with Crippen LogP contribution in [-0.2, 0) is 9.53 Å². The maximum absolute atomic E-state index is 10.4. The first-order chi connectivity index (χ1) is 5.52. The molecule has 0 unspecified atom stereocenters. The summed E-state index contributed by atoms with van der Waals surface area (Å²) in [5, 5.41) is 0. The van der Waals surface area contributed by atoms with Crippen LogP contribution in [-0.4, -0.2) is 12.6 Å². The highest BCUT2D eigenvalue weighted by Crippen LogP contribution is 2.09. The summed E-state index contributed by atoms with van der Waals surface area (Å²) >= 11 is 0. The summed E-state index contributed by atoms with van der Waals surface area (Å²) in [6.45, 7) is 9.94. The number of esters is 1. The van der Waals surface area contributed by atoms with Gasteiger partial charge in [-0.2, -0.15) is 0 Å². The summed E-state index contributed by atoms with van der Waals surface area (Å²) in [6, 6.07) is 0. The maximum Gasteiger partial charge on any atom is 0.302 e. The molecule has 0 atom stereocenters. The summed E-state index contributed by atoms with van der Waals surface area (Å²) in [5.74, 6) is 0.444. The van der Waals surface area contributed by atoms with Crippen LogP contribution in [0.3, 0.4) is 0 Å². The molecule has 0 aliphatic heterocycles. The third-order valence-electron chi connectivity index (χ3n) is 1.55. The minimum absolute atomic E-state index is 0.235. The Labute approximate surface area is 74.6 Å². The predicted molar refractivity (Wildman–Crippen MR) is 49.8 cm³/mol. The Kier molecular flexibility index (Phi) is 5.43. The number of carbonyl (C=O) groups is 1. The molecule has 0 aromatic rings. The normalized spacial score (nSPS) is 10.0. The third-order valence-corrected chi connectivity index (χ3v) is 1.55. The van der Waals surface area contributed by atoms with E-state index in [2.05, 4.69) is 20.4 Å². The van der Waals surface area contributed by atoms with E-state index in [1.807, 2.05) is 0 Å². The zero-order chi connectivity index (χ0) is 9.56. The first kappa shape index (κ1) is 11.2. The molecule has 0 aromatic heterocycles. The zero-order valence-electron chi connectivity index (χ0n) is 8.22. The molecule has 2 nitrogen and oxygen atoms in total. The SMILES string of the molecule is C=C(CCC(C)C)COC(C)=O. The molecule has 0 fully saturated rings. The van der Waals surface area contributed by atoms with Crippen LogP contribution in [0.2, 0.25) is 0 Å². The summed E-state index contributed by atoms with van der Waals surface area (Å²) in [5.41, 5.74) is 0.999. The van der Waals surface area contributed by atoms with E-state index in [0.717, 1.165) is 18.4 Å². The second kappa shape index (κ2) is 5.81. The van der Waals surface area contributed by atoms with Crippen molar-refractivity contribution in [3.8, 4) is 0 Å². The lowest BCUT2D eigenvalue weighted by atomic mass is 10.0. The van der Waals surface area contributed by atoms with Gasteiger partial charge in [-0.05, 0) is 24.3 Å². The monoisotopic (exact) mass is 170 g/mol. The molecule has 0 rings (SSSR count). The molecule has 0 radical (unpaired) electrons. The van der Waals surface area contributed by atoms with E-state index in [1.54, 1.807) is 0 Å². The van der Waals surface area contributed by atoms with Gasteiger partial charge in [0.15, 0.2) is 0 Å². The van der Waals surface area contributed by atoms with E-state index >= 15 is 0 Å². The summed E-state index contributed by atoms with van der Waals surface area (Å²) in [7, 11) is 0. The summed E-state index contributed by atoms with van der Waals surface area (Å²) < 4.78 is 4.80. The summed E-state index contributed by atoms with van der Waals surface area (Å²) in [6.07, 6.45) is 2.06. The van der Waals surface area contributed by atoms with E-state index < -0.39 is 0 Å². The number of rotatable bonds is 5. The molecule has 0 saturated heterocycles. The molecule has 0 N–H and O–H groups in total. The quantitative estimate of drug-likeness (QED) is 0.468.